The summed E-state index contributed by atoms with van der Waals surface area (Å²) in [6.07, 6.45) is 1.82. The summed E-state index contributed by atoms with van der Waals surface area (Å²) in [6, 6.07) is 9.93. The molecule has 2 aromatic rings. The third-order valence-corrected chi connectivity index (χ3v) is 4.03. The molecule has 1 aromatic carbocycles. The minimum absolute atomic E-state index is 0.687. The summed E-state index contributed by atoms with van der Waals surface area (Å²) >= 11 is 8.95. The number of rotatable bonds is 4. The van der Waals surface area contributed by atoms with Crippen LogP contribution in [0.5, 0.6) is 0 Å². The molecule has 0 radical (unpaired) electrons. The predicted octanol–water partition coefficient (Wildman–Crippen LogP) is 3.49. The number of thiocarbonyl (C=S) groups is 1. The first-order valence-corrected chi connectivity index (χ1v) is 7.59. The van der Waals surface area contributed by atoms with Crippen molar-refractivity contribution >= 4 is 38.9 Å². The van der Waals surface area contributed by atoms with E-state index in [0.717, 1.165) is 22.4 Å². The first-order valence-electron chi connectivity index (χ1n) is 6.39. The molecule has 0 bridgehead atoms. The van der Waals surface area contributed by atoms with Crippen molar-refractivity contribution in [3.8, 4) is 0 Å². The Morgan fingerprint density at radius 3 is 2.75 bits per heavy atom. The molecular weight excluding hydrogens is 336 g/mol. The van der Waals surface area contributed by atoms with Crippen molar-refractivity contribution in [1.82, 2.24) is 14.7 Å². The highest BCUT2D eigenvalue weighted by molar-refractivity contribution is 9.10. The van der Waals surface area contributed by atoms with Gasteiger partial charge in [-0.05, 0) is 47.2 Å². The Balaban J connectivity index is 2.02. The van der Waals surface area contributed by atoms with E-state index in [0.29, 0.717) is 11.7 Å². The lowest BCUT2D eigenvalue weighted by molar-refractivity contribution is 0.470. The SMILES string of the molecule is CCn1ncc(Br)c1CN(C)C(=S)Nc1ccccc1. The lowest BCUT2D eigenvalue weighted by atomic mass is 10.3. The predicted molar refractivity (Wildman–Crippen MR) is 89.7 cm³/mol. The van der Waals surface area contributed by atoms with Gasteiger partial charge in [0.05, 0.1) is 22.9 Å². The van der Waals surface area contributed by atoms with Crippen LogP contribution in [-0.4, -0.2) is 26.8 Å². The lowest BCUT2D eigenvalue weighted by Crippen LogP contribution is -2.31. The smallest absolute Gasteiger partial charge is 0.173 e. The maximum Gasteiger partial charge on any atom is 0.173 e. The molecule has 0 spiro atoms. The van der Waals surface area contributed by atoms with E-state index in [1.165, 1.54) is 0 Å². The molecule has 0 atom stereocenters. The van der Waals surface area contributed by atoms with Gasteiger partial charge in [0.15, 0.2) is 5.11 Å². The fourth-order valence-corrected chi connectivity index (χ4v) is 2.46. The van der Waals surface area contributed by atoms with Gasteiger partial charge in [-0.2, -0.15) is 5.10 Å². The standard InChI is InChI=1S/C14H17BrN4S/c1-3-19-13(12(15)9-16-19)10-18(2)14(20)17-11-7-5-4-6-8-11/h4-9H,3,10H2,1-2H3,(H,17,20). The summed E-state index contributed by atoms with van der Waals surface area (Å²) in [5.74, 6) is 0. The van der Waals surface area contributed by atoms with Gasteiger partial charge in [0.2, 0.25) is 0 Å². The second-order valence-corrected chi connectivity index (χ2v) is 5.65. The fraction of sp³-hybridized carbons (Fsp3) is 0.286. The first-order chi connectivity index (χ1) is 9.61. The van der Waals surface area contributed by atoms with Crippen molar-refractivity contribution in [2.45, 2.75) is 20.0 Å². The number of halogens is 1. The van der Waals surface area contributed by atoms with E-state index in [-0.39, 0.29) is 0 Å². The minimum Gasteiger partial charge on any atom is -0.346 e. The summed E-state index contributed by atoms with van der Waals surface area (Å²) < 4.78 is 2.97. The molecule has 6 heteroatoms. The first kappa shape index (κ1) is 15.0. The second kappa shape index (κ2) is 6.85. The summed E-state index contributed by atoms with van der Waals surface area (Å²) in [5.41, 5.74) is 2.11. The third-order valence-electron chi connectivity index (χ3n) is 2.96. The molecule has 1 aromatic heterocycles. The number of aryl methyl sites for hydroxylation is 1. The normalized spacial score (nSPS) is 10.3. The van der Waals surface area contributed by atoms with Gasteiger partial charge in [0, 0.05) is 19.3 Å². The van der Waals surface area contributed by atoms with E-state index in [2.05, 4.69) is 33.3 Å². The van der Waals surface area contributed by atoms with Crippen LogP contribution in [-0.2, 0) is 13.1 Å². The molecule has 106 valence electrons. The van der Waals surface area contributed by atoms with Crippen LogP contribution in [0.2, 0.25) is 0 Å². The van der Waals surface area contributed by atoms with Crippen LogP contribution < -0.4 is 5.32 Å². The van der Waals surface area contributed by atoms with Gasteiger partial charge in [-0.15, -0.1) is 0 Å². The van der Waals surface area contributed by atoms with E-state index >= 15 is 0 Å². The van der Waals surface area contributed by atoms with Gasteiger partial charge in [0.25, 0.3) is 0 Å². The van der Waals surface area contributed by atoms with Gasteiger partial charge in [0.1, 0.15) is 0 Å². The van der Waals surface area contributed by atoms with E-state index in [1.54, 1.807) is 0 Å². The molecule has 4 nitrogen and oxygen atoms in total. The van der Waals surface area contributed by atoms with Crippen molar-refractivity contribution in [3.05, 3.63) is 46.7 Å². The number of aromatic nitrogens is 2. The molecule has 0 aliphatic rings. The fourth-order valence-electron chi connectivity index (χ4n) is 1.85. The van der Waals surface area contributed by atoms with E-state index in [4.69, 9.17) is 12.2 Å². The maximum atomic E-state index is 5.42. The number of hydrogen-bond acceptors (Lipinski definition) is 2. The summed E-state index contributed by atoms with van der Waals surface area (Å²) in [6.45, 7) is 3.62. The Morgan fingerprint density at radius 2 is 2.10 bits per heavy atom. The zero-order chi connectivity index (χ0) is 14.5. The highest BCUT2D eigenvalue weighted by atomic mass is 79.9. The minimum atomic E-state index is 0.687. The molecule has 1 N–H and O–H groups in total. The second-order valence-electron chi connectivity index (χ2n) is 4.41. The van der Waals surface area contributed by atoms with Crippen LogP contribution in [0.25, 0.3) is 0 Å². The lowest BCUT2D eigenvalue weighted by Gasteiger charge is -2.21. The van der Waals surface area contributed by atoms with Gasteiger partial charge >= 0.3 is 0 Å². The third kappa shape index (κ3) is 3.58. The van der Waals surface area contributed by atoms with Crippen molar-refractivity contribution in [2.24, 2.45) is 0 Å². The van der Waals surface area contributed by atoms with Crippen LogP contribution >= 0.6 is 28.1 Å². The van der Waals surface area contributed by atoms with Crippen molar-refractivity contribution in [3.63, 3.8) is 0 Å². The monoisotopic (exact) mass is 352 g/mol. The molecule has 1 heterocycles. The van der Waals surface area contributed by atoms with Gasteiger partial charge in [-0.3, -0.25) is 4.68 Å². The van der Waals surface area contributed by atoms with Crippen LogP contribution in [0, 0.1) is 0 Å². The Kier molecular flexibility index (Phi) is 5.14. The summed E-state index contributed by atoms with van der Waals surface area (Å²) in [7, 11) is 1.97. The van der Waals surface area contributed by atoms with Gasteiger partial charge in [-0.25, -0.2) is 0 Å². The highest BCUT2D eigenvalue weighted by Crippen LogP contribution is 2.18. The van der Waals surface area contributed by atoms with E-state index in [1.807, 2.05) is 53.2 Å². The summed E-state index contributed by atoms with van der Waals surface area (Å²) in [4.78, 5) is 2.00. The largest absolute Gasteiger partial charge is 0.346 e. The quantitative estimate of drug-likeness (QED) is 0.853. The van der Waals surface area contributed by atoms with Crippen molar-refractivity contribution < 1.29 is 0 Å². The highest BCUT2D eigenvalue weighted by Gasteiger charge is 2.12. The average molecular weight is 353 g/mol. The topological polar surface area (TPSA) is 33.1 Å². The maximum absolute atomic E-state index is 5.42. The van der Waals surface area contributed by atoms with E-state index in [9.17, 15) is 0 Å². The molecule has 0 unspecified atom stereocenters. The van der Waals surface area contributed by atoms with Crippen molar-refractivity contribution in [1.29, 1.82) is 0 Å². The molecule has 0 fully saturated rings. The Morgan fingerprint density at radius 1 is 1.40 bits per heavy atom. The van der Waals surface area contributed by atoms with Crippen LogP contribution in [0.4, 0.5) is 5.69 Å². The average Bonchev–Trinajstić information content (AvgIpc) is 2.80. The van der Waals surface area contributed by atoms with E-state index < -0.39 is 0 Å². The molecule has 0 aliphatic heterocycles. The molecule has 0 amide bonds. The number of nitrogens with one attached hydrogen (secondary N) is 1. The zero-order valence-electron chi connectivity index (χ0n) is 11.5. The Bertz CT molecular complexity index is 582. The molecule has 2 rings (SSSR count). The molecule has 20 heavy (non-hydrogen) atoms. The van der Waals surface area contributed by atoms with Gasteiger partial charge in [-0.1, -0.05) is 18.2 Å². The van der Waals surface area contributed by atoms with Crippen LogP contribution in [0.3, 0.4) is 0 Å². The molecule has 0 saturated carbocycles. The Hall–Kier alpha value is -1.40. The number of benzene rings is 1. The molecule has 0 aliphatic carbocycles. The zero-order valence-corrected chi connectivity index (χ0v) is 13.9. The Labute approximate surface area is 132 Å². The van der Waals surface area contributed by atoms with Crippen molar-refractivity contribution in [2.75, 3.05) is 12.4 Å². The number of para-hydroxylation sites is 1. The number of hydrogen-bond donors (Lipinski definition) is 1. The van der Waals surface area contributed by atoms with Crippen LogP contribution in [0.15, 0.2) is 41.0 Å². The number of nitrogens with zero attached hydrogens (tertiary/aromatic N) is 3. The molecular formula is C14H17BrN4S. The molecule has 0 saturated heterocycles. The van der Waals surface area contributed by atoms with Crippen LogP contribution in [0.1, 0.15) is 12.6 Å². The number of anilines is 1. The summed E-state index contributed by atoms with van der Waals surface area (Å²) in [5, 5.41) is 8.22. The van der Waals surface area contributed by atoms with Gasteiger partial charge < -0.3 is 10.2 Å².